The first-order valence-corrected chi connectivity index (χ1v) is 10.9. The average Bonchev–Trinajstić information content (AvgIpc) is 2.78. The van der Waals surface area contributed by atoms with Crippen LogP contribution in [0.5, 0.6) is 0 Å². The summed E-state index contributed by atoms with van der Waals surface area (Å²) in [6.45, 7) is 4.74. The molecule has 0 aromatic heterocycles. The van der Waals surface area contributed by atoms with Crippen LogP contribution in [0.2, 0.25) is 0 Å². The molecule has 148 valence electrons. The number of carbonyl (C=O) groups excluding carboxylic acids is 3. The van der Waals surface area contributed by atoms with Crippen LogP contribution in [0.3, 0.4) is 0 Å². The van der Waals surface area contributed by atoms with Gasteiger partial charge in [0.05, 0.1) is 0 Å². The van der Waals surface area contributed by atoms with Crippen LogP contribution in [0, 0.1) is 0 Å². The third kappa shape index (κ3) is 2.62. The van der Waals surface area contributed by atoms with Gasteiger partial charge in [0.2, 0.25) is 0 Å². The highest BCUT2D eigenvalue weighted by molar-refractivity contribution is 8.04. The van der Waals surface area contributed by atoms with E-state index in [1.54, 1.807) is 24.3 Å². The van der Waals surface area contributed by atoms with Gasteiger partial charge in [0, 0.05) is 44.1 Å². The zero-order chi connectivity index (χ0) is 21.0. The molecule has 2 aromatic rings. The van der Waals surface area contributed by atoms with E-state index in [0.717, 1.165) is 29.5 Å². The summed E-state index contributed by atoms with van der Waals surface area (Å²) in [7, 11) is 0. The summed E-state index contributed by atoms with van der Waals surface area (Å²) in [5, 5.41) is 0. The first-order valence-electron chi connectivity index (χ1n) is 9.89. The van der Waals surface area contributed by atoms with Crippen molar-refractivity contribution in [2.24, 2.45) is 5.73 Å². The summed E-state index contributed by atoms with van der Waals surface area (Å²) in [4.78, 5) is 40.9. The molecular formula is C25H19NO3S. The fraction of sp³-hybridized carbons (Fsp3) is 0.160. The van der Waals surface area contributed by atoms with Crippen molar-refractivity contribution in [3.8, 4) is 0 Å². The predicted molar refractivity (Wildman–Crippen MR) is 119 cm³/mol. The Bertz CT molecular complexity index is 1250. The van der Waals surface area contributed by atoms with Gasteiger partial charge in [0.25, 0.3) is 0 Å². The quantitative estimate of drug-likeness (QED) is 0.817. The van der Waals surface area contributed by atoms with Gasteiger partial charge in [0.1, 0.15) is 0 Å². The molecule has 3 aliphatic rings. The zero-order valence-electron chi connectivity index (χ0n) is 16.3. The van der Waals surface area contributed by atoms with Gasteiger partial charge in [-0.1, -0.05) is 43.0 Å². The van der Waals surface area contributed by atoms with Gasteiger partial charge in [-0.15, -0.1) is 11.8 Å². The van der Waals surface area contributed by atoms with Crippen molar-refractivity contribution in [2.75, 3.05) is 12.3 Å². The molecule has 0 spiro atoms. The number of fused-ring (bicyclic) bond motifs is 3. The third-order valence-corrected chi connectivity index (χ3v) is 7.05. The van der Waals surface area contributed by atoms with Crippen LogP contribution in [-0.2, 0) is 6.42 Å². The number of allylic oxidation sites excluding steroid dienone is 3. The van der Waals surface area contributed by atoms with Crippen LogP contribution in [0.4, 0.5) is 0 Å². The van der Waals surface area contributed by atoms with E-state index in [2.05, 4.69) is 6.58 Å². The maximum atomic E-state index is 13.6. The van der Waals surface area contributed by atoms with Crippen molar-refractivity contribution in [1.29, 1.82) is 0 Å². The summed E-state index contributed by atoms with van der Waals surface area (Å²) >= 11 is 1.42. The maximum Gasteiger partial charge on any atom is 0.195 e. The van der Waals surface area contributed by atoms with Crippen LogP contribution in [0.15, 0.2) is 70.7 Å². The summed E-state index contributed by atoms with van der Waals surface area (Å²) < 4.78 is 0. The summed E-state index contributed by atoms with van der Waals surface area (Å²) in [5.41, 5.74) is 10.4. The van der Waals surface area contributed by atoms with E-state index in [0.29, 0.717) is 45.0 Å². The van der Waals surface area contributed by atoms with E-state index in [4.69, 9.17) is 5.73 Å². The molecule has 2 aliphatic carbocycles. The monoisotopic (exact) mass is 413 g/mol. The molecule has 0 bridgehead atoms. The molecule has 2 aromatic carbocycles. The first kappa shape index (κ1) is 19.0. The molecule has 0 unspecified atom stereocenters. The molecule has 0 saturated carbocycles. The zero-order valence-corrected chi connectivity index (χ0v) is 17.1. The lowest BCUT2D eigenvalue weighted by Gasteiger charge is -2.32. The van der Waals surface area contributed by atoms with Crippen molar-refractivity contribution in [2.45, 2.75) is 12.8 Å². The van der Waals surface area contributed by atoms with E-state index in [-0.39, 0.29) is 22.9 Å². The van der Waals surface area contributed by atoms with Gasteiger partial charge in [-0.25, -0.2) is 0 Å². The van der Waals surface area contributed by atoms with Crippen molar-refractivity contribution in [3.05, 3.63) is 98.5 Å². The average molecular weight is 413 g/mol. The van der Waals surface area contributed by atoms with Crippen molar-refractivity contribution in [1.82, 2.24) is 0 Å². The van der Waals surface area contributed by atoms with E-state index in [1.807, 2.05) is 18.2 Å². The summed E-state index contributed by atoms with van der Waals surface area (Å²) in [5.74, 6) is -0.262. The largest absolute Gasteiger partial charge is 0.330 e. The van der Waals surface area contributed by atoms with E-state index in [9.17, 15) is 14.4 Å². The molecule has 30 heavy (non-hydrogen) atoms. The maximum absolute atomic E-state index is 13.6. The van der Waals surface area contributed by atoms with E-state index >= 15 is 0 Å². The van der Waals surface area contributed by atoms with Gasteiger partial charge >= 0.3 is 0 Å². The number of ketones is 3. The minimum Gasteiger partial charge on any atom is -0.330 e. The fourth-order valence-corrected chi connectivity index (χ4v) is 5.56. The van der Waals surface area contributed by atoms with E-state index in [1.165, 1.54) is 11.8 Å². The molecular weight excluding hydrogens is 394 g/mol. The van der Waals surface area contributed by atoms with Crippen molar-refractivity contribution < 1.29 is 14.4 Å². The Labute approximate surface area is 178 Å². The van der Waals surface area contributed by atoms with E-state index < -0.39 is 0 Å². The number of hydrogen-bond donors (Lipinski definition) is 1. The molecule has 0 atom stereocenters. The van der Waals surface area contributed by atoms with Gasteiger partial charge in [0.15, 0.2) is 17.3 Å². The molecule has 2 N–H and O–H groups in total. The SMILES string of the molecule is C=C1C2=C(C(=O)c3ccccc31)C1=C(CS2)C(=O)c2ccc(CCCN)cc2C1=O. The van der Waals surface area contributed by atoms with Gasteiger partial charge in [-0.05, 0) is 42.2 Å². The molecule has 0 saturated heterocycles. The number of rotatable bonds is 3. The highest BCUT2D eigenvalue weighted by Crippen LogP contribution is 2.49. The normalized spacial score (nSPS) is 17.6. The van der Waals surface area contributed by atoms with Crippen LogP contribution in [-0.4, -0.2) is 29.6 Å². The number of nitrogens with two attached hydrogens (primary N) is 1. The van der Waals surface area contributed by atoms with Gasteiger partial charge < -0.3 is 5.73 Å². The molecule has 5 rings (SSSR count). The third-order valence-electron chi connectivity index (χ3n) is 5.88. The predicted octanol–water partition coefficient (Wildman–Crippen LogP) is 4.16. The number of carbonyl (C=O) groups is 3. The van der Waals surface area contributed by atoms with Crippen LogP contribution in [0.1, 0.15) is 48.6 Å². The Morgan fingerprint density at radius 1 is 0.867 bits per heavy atom. The fourth-order valence-electron chi connectivity index (χ4n) is 4.37. The Hall–Kier alpha value is -3.02. The lowest BCUT2D eigenvalue weighted by Crippen LogP contribution is -2.31. The molecule has 0 radical (unpaired) electrons. The molecule has 5 heteroatoms. The Morgan fingerprint density at radius 2 is 1.57 bits per heavy atom. The second kappa shape index (κ2) is 7.04. The minimum absolute atomic E-state index is 0.165. The molecule has 4 nitrogen and oxygen atoms in total. The van der Waals surface area contributed by atoms with Gasteiger partial charge in [-0.3, -0.25) is 14.4 Å². The lowest BCUT2D eigenvalue weighted by atomic mass is 9.75. The lowest BCUT2D eigenvalue weighted by molar-refractivity contribution is 0.0966. The molecule has 0 amide bonds. The topological polar surface area (TPSA) is 77.2 Å². The molecule has 1 heterocycles. The highest BCUT2D eigenvalue weighted by atomic mass is 32.2. The Morgan fingerprint density at radius 3 is 2.33 bits per heavy atom. The summed E-state index contributed by atoms with van der Waals surface area (Å²) in [6, 6.07) is 12.7. The number of hydrogen-bond acceptors (Lipinski definition) is 5. The number of benzene rings is 2. The van der Waals surface area contributed by atoms with Crippen LogP contribution < -0.4 is 5.73 Å². The summed E-state index contributed by atoms with van der Waals surface area (Å²) in [6.07, 6.45) is 1.54. The van der Waals surface area contributed by atoms with Crippen LogP contribution in [0.25, 0.3) is 5.57 Å². The van der Waals surface area contributed by atoms with Gasteiger partial charge in [-0.2, -0.15) is 0 Å². The Kier molecular flexibility index (Phi) is 4.45. The highest BCUT2D eigenvalue weighted by Gasteiger charge is 2.42. The van der Waals surface area contributed by atoms with Crippen LogP contribution >= 0.6 is 11.8 Å². The second-order valence-electron chi connectivity index (χ2n) is 7.63. The minimum atomic E-state index is -0.248. The smallest absolute Gasteiger partial charge is 0.195 e. The van der Waals surface area contributed by atoms with Crippen molar-refractivity contribution >= 4 is 34.7 Å². The molecule has 0 fully saturated rings. The standard InChI is InChI=1S/C25H19NO3S/c1-13-15-6-2-3-7-16(15)23(28)21-20-19(12-30-25(13)21)22(27)17-9-8-14(5-4-10-26)11-18(17)24(20)29/h2-3,6-9,11H,1,4-5,10,12,26H2. The molecule has 1 aliphatic heterocycles. The Balaban J connectivity index is 1.67. The number of aryl methyl sites for hydroxylation is 1. The van der Waals surface area contributed by atoms with Crippen molar-refractivity contribution in [3.63, 3.8) is 0 Å². The number of Topliss-reactive ketones (excluding diaryl/α,β-unsaturated/α-hetero) is 3. The number of thioether (sulfide) groups is 1. The second-order valence-corrected chi connectivity index (χ2v) is 8.62. The first-order chi connectivity index (χ1) is 14.5.